The number of nitrogens with zero attached hydrogens (tertiary/aromatic N) is 1. The first-order chi connectivity index (χ1) is 7.59. The van der Waals surface area contributed by atoms with Crippen molar-refractivity contribution < 1.29 is 14.4 Å². The zero-order valence-corrected chi connectivity index (χ0v) is 9.15. The van der Waals surface area contributed by atoms with Gasteiger partial charge in [0.1, 0.15) is 6.54 Å². The van der Waals surface area contributed by atoms with Crippen LogP contribution in [0.15, 0.2) is 12.2 Å². The predicted molar refractivity (Wildman–Crippen MR) is 57.2 cm³/mol. The topological polar surface area (TPSA) is 80.5 Å². The molecule has 6 heteroatoms. The highest BCUT2D eigenvalue weighted by atomic mass is 32.2. The molecule has 2 N–H and O–H groups in total. The lowest BCUT2D eigenvalue weighted by atomic mass is 9.85. The van der Waals surface area contributed by atoms with Crippen LogP contribution in [0.4, 0.5) is 0 Å². The van der Waals surface area contributed by atoms with E-state index in [0.717, 1.165) is 4.90 Å². The second-order valence-electron chi connectivity index (χ2n) is 4.23. The van der Waals surface area contributed by atoms with Crippen LogP contribution < -0.4 is 5.73 Å². The maximum atomic E-state index is 12.0. The molecule has 2 bridgehead atoms. The number of thioether (sulfide) groups is 1. The number of imide groups is 1. The highest BCUT2D eigenvalue weighted by molar-refractivity contribution is 8.01. The number of hydrogen-bond acceptors (Lipinski definition) is 4. The molecule has 16 heavy (non-hydrogen) atoms. The summed E-state index contributed by atoms with van der Waals surface area (Å²) in [4.78, 5) is 35.8. The van der Waals surface area contributed by atoms with Gasteiger partial charge in [0.15, 0.2) is 0 Å². The maximum Gasteiger partial charge on any atom is 0.237 e. The minimum atomic E-state index is -0.644. The van der Waals surface area contributed by atoms with E-state index in [1.54, 1.807) is 11.8 Å². The Hall–Kier alpha value is -1.30. The minimum absolute atomic E-state index is 0.101. The Labute approximate surface area is 96.0 Å². The van der Waals surface area contributed by atoms with Crippen molar-refractivity contribution in [3.8, 4) is 0 Å². The van der Waals surface area contributed by atoms with Crippen molar-refractivity contribution in [3.63, 3.8) is 0 Å². The Morgan fingerprint density at radius 1 is 1.25 bits per heavy atom. The Balaban J connectivity index is 1.91. The first-order valence-corrected chi connectivity index (χ1v) is 6.01. The molecule has 0 aromatic rings. The van der Waals surface area contributed by atoms with E-state index in [0.29, 0.717) is 0 Å². The molecule has 3 rings (SSSR count). The Bertz CT molecular complexity index is 404. The second kappa shape index (κ2) is 3.10. The van der Waals surface area contributed by atoms with Crippen molar-refractivity contribution >= 4 is 29.5 Å². The molecule has 0 radical (unpaired) electrons. The van der Waals surface area contributed by atoms with Crippen LogP contribution in [-0.4, -0.2) is 39.7 Å². The fourth-order valence-electron chi connectivity index (χ4n) is 2.68. The van der Waals surface area contributed by atoms with Crippen molar-refractivity contribution in [1.82, 2.24) is 4.90 Å². The molecule has 4 atom stereocenters. The van der Waals surface area contributed by atoms with Crippen molar-refractivity contribution in [2.45, 2.75) is 10.5 Å². The summed E-state index contributed by atoms with van der Waals surface area (Å²) in [7, 11) is 0. The number of fused-ring (bicyclic) bond motifs is 5. The van der Waals surface area contributed by atoms with Crippen molar-refractivity contribution in [2.24, 2.45) is 17.6 Å². The third kappa shape index (κ3) is 1.10. The van der Waals surface area contributed by atoms with Gasteiger partial charge in [-0.2, -0.15) is 0 Å². The third-order valence-corrected chi connectivity index (χ3v) is 4.85. The molecule has 0 aliphatic carbocycles. The van der Waals surface area contributed by atoms with E-state index in [9.17, 15) is 14.4 Å². The van der Waals surface area contributed by atoms with Crippen LogP contribution >= 0.6 is 11.8 Å². The molecule has 3 amide bonds. The van der Waals surface area contributed by atoms with Crippen LogP contribution in [0, 0.1) is 11.8 Å². The summed E-state index contributed by atoms with van der Waals surface area (Å²) in [6.45, 7) is -0.283. The Kier molecular flexibility index (Phi) is 1.92. The van der Waals surface area contributed by atoms with Gasteiger partial charge >= 0.3 is 0 Å². The van der Waals surface area contributed by atoms with Crippen LogP contribution in [0.2, 0.25) is 0 Å². The molecule has 0 aromatic carbocycles. The molecule has 84 valence electrons. The molecule has 4 unspecified atom stereocenters. The molecular formula is C10H10N2O3S. The smallest absolute Gasteiger partial charge is 0.237 e. The molecule has 2 saturated heterocycles. The first-order valence-electron chi connectivity index (χ1n) is 5.07. The highest BCUT2D eigenvalue weighted by Crippen LogP contribution is 2.52. The summed E-state index contributed by atoms with van der Waals surface area (Å²) in [6, 6.07) is 0. The van der Waals surface area contributed by atoms with Gasteiger partial charge in [-0.25, -0.2) is 0 Å². The molecule has 5 nitrogen and oxygen atoms in total. The number of amides is 3. The van der Waals surface area contributed by atoms with Crippen molar-refractivity contribution in [1.29, 1.82) is 0 Å². The zero-order chi connectivity index (χ0) is 11.4. The molecule has 0 spiro atoms. The van der Waals surface area contributed by atoms with Gasteiger partial charge in [0.25, 0.3) is 0 Å². The van der Waals surface area contributed by atoms with E-state index in [1.165, 1.54) is 0 Å². The predicted octanol–water partition coefficient (Wildman–Crippen LogP) is -0.873. The van der Waals surface area contributed by atoms with Crippen LogP contribution in [0.1, 0.15) is 0 Å². The van der Waals surface area contributed by atoms with Crippen molar-refractivity contribution in [3.05, 3.63) is 12.2 Å². The van der Waals surface area contributed by atoms with Gasteiger partial charge in [-0.3, -0.25) is 19.3 Å². The van der Waals surface area contributed by atoms with E-state index < -0.39 is 5.91 Å². The third-order valence-electron chi connectivity index (χ3n) is 3.32. The van der Waals surface area contributed by atoms with Crippen molar-refractivity contribution in [2.75, 3.05) is 6.54 Å². The quantitative estimate of drug-likeness (QED) is 0.501. The Morgan fingerprint density at radius 3 is 2.19 bits per heavy atom. The van der Waals surface area contributed by atoms with Gasteiger partial charge in [-0.15, -0.1) is 11.8 Å². The summed E-state index contributed by atoms with van der Waals surface area (Å²) in [5.41, 5.74) is 5.03. The maximum absolute atomic E-state index is 12.0. The number of carbonyl (C=O) groups excluding carboxylic acids is 3. The standard InChI is InChI=1S/C10H10N2O3S/c11-6(13)3-12-9(14)7-4-1-2-5(16-4)8(7)10(12)15/h1-2,4-5,7-8H,3H2,(H2,11,13). The molecule has 3 aliphatic rings. The Morgan fingerprint density at radius 2 is 1.75 bits per heavy atom. The molecular weight excluding hydrogens is 228 g/mol. The van der Waals surface area contributed by atoms with Gasteiger partial charge in [-0.1, -0.05) is 12.2 Å². The van der Waals surface area contributed by atoms with Gasteiger partial charge in [0.05, 0.1) is 11.8 Å². The lowest BCUT2D eigenvalue weighted by Crippen LogP contribution is -2.39. The summed E-state index contributed by atoms with van der Waals surface area (Å²) < 4.78 is 0. The lowest BCUT2D eigenvalue weighted by Gasteiger charge is -2.14. The van der Waals surface area contributed by atoms with Crippen LogP contribution in [0.5, 0.6) is 0 Å². The van der Waals surface area contributed by atoms with Gasteiger partial charge < -0.3 is 5.73 Å². The number of carbonyl (C=O) groups is 3. The van der Waals surface area contributed by atoms with Crippen LogP contribution in [0.25, 0.3) is 0 Å². The van der Waals surface area contributed by atoms with E-state index in [1.807, 2.05) is 12.2 Å². The monoisotopic (exact) mass is 238 g/mol. The van der Waals surface area contributed by atoms with Gasteiger partial charge in [-0.05, 0) is 0 Å². The fourth-order valence-corrected chi connectivity index (χ4v) is 4.31. The van der Waals surface area contributed by atoms with E-state index in [4.69, 9.17) is 5.73 Å². The summed E-state index contributed by atoms with van der Waals surface area (Å²) in [6.07, 6.45) is 3.96. The van der Waals surface area contributed by atoms with E-state index in [2.05, 4.69) is 0 Å². The van der Waals surface area contributed by atoms with Crippen LogP contribution in [0.3, 0.4) is 0 Å². The average molecular weight is 238 g/mol. The molecule has 0 saturated carbocycles. The molecule has 0 aromatic heterocycles. The lowest BCUT2D eigenvalue weighted by molar-refractivity contribution is -0.143. The fraction of sp³-hybridized carbons (Fsp3) is 0.500. The second-order valence-corrected chi connectivity index (χ2v) is 5.59. The number of hydrogen-bond donors (Lipinski definition) is 1. The van der Waals surface area contributed by atoms with Gasteiger partial charge in [0, 0.05) is 10.5 Å². The highest BCUT2D eigenvalue weighted by Gasteiger charge is 2.60. The summed E-state index contributed by atoms with van der Waals surface area (Å²) in [5, 5.41) is 0.202. The van der Waals surface area contributed by atoms with Crippen LogP contribution in [-0.2, 0) is 14.4 Å². The zero-order valence-electron chi connectivity index (χ0n) is 8.33. The van der Waals surface area contributed by atoms with E-state index >= 15 is 0 Å². The average Bonchev–Trinajstić information content (AvgIpc) is 2.87. The minimum Gasteiger partial charge on any atom is -0.368 e. The molecule has 3 heterocycles. The summed E-state index contributed by atoms with van der Waals surface area (Å²) >= 11 is 1.66. The number of likely N-dealkylation sites (tertiary alicyclic amines) is 1. The molecule has 3 aliphatic heterocycles. The number of primary amides is 1. The first kappa shape index (κ1) is 9.89. The van der Waals surface area contributed by atoms with E-state index in [-0.39, 0.29) is 40.7 Å². The largest absolute Gasteiger partial charge is 0.368 e. The number of rotatable bonds is 2. The molecule has 2 fully saturated rings. The SMILES string of the molecule is NC(=O)CN1C(=O)C2C3C=CC(S3)C2C1=O. The normalized spacial score (nSPS) is 39.6. The summed E-state index contributed by atoms with van der Waals surface area (Å²) in [5.74, 6) is -1.66. The van der Waals surface area contributed by atoms with Gasteiger partial charge in [0.2, 0.25) is 17.7 Å². The number of nitrogens with two attached hydrogens (primary N) is 1.